The average Bonchev–Trinajstić information content (AvgIpc) is 2.78. The van der Waals surface area contributed by atoms with Crippen LogP contribution in [0.1, 0.15) is 24.2 Å². The molecule has 1 N–H and O–H groups in total. The Morgan fingerprint density at radius 2 is 2.25 bits per heavy atom. The molecule has 5 heteroatoms. The second kappa shape index (κ2) is 4.74. The van der Waals surface area contributed by atoms with Crippen LogP contribution in [0.5, 0.6) is 0 Å². The summed E-state index contributed by atoms with van der Waals surface area (Å²) in [5.74, 6) is 2.38. The molecule has 0 fully saturated rings. The van der Waals surface area contributed by atoms with Gasteiger partial charge in [0.1, 0.15) is 11.6 Å². The van der Waals surface area contributed by atoms with E-state index < -0.39 is 0 Å². The molecular formula is C11H14N4O. The molecular weight excluding hydrogens is 204 g/mol. The van der Waals surface area contributed by atoms with Crippen molar-refractivity contribution in [3.63, 3.8) is 0 Å². The summed E-state index contributed by atoms with van der Waals surface area (Å²) in [7, 11) is 0. The zero-order chi connectivity index (χ0) is 11.4. The molecule has 84 valence electrons. The molecule has 0 radical (unpaired) electrons. The third-order valence-corrected chi connectivity index (χ3v) is 2.19. The van der Waals surface area contributed by atoms with Gasteiger partial charge in [-0.2, -0.15) is 0 Å². The quantitative estimate of drug-likeness (QED) is 0.849. The standard InChI is InChI=1S/C11H14N4O/c1-3-9-6-11(15-8(2)14-9)12-7-10-4-5-13-16-10/h4-6H,3,7H2,1-2H3,(H,12,14,15). The minimum atomic E-state index is 0.583. The van der Waals surface area contributed by atoms with Crippen LogP contribution in [0, 0.1) is 6.92 Å². The van der Waals surface area contributed by atoms with Crippen LogP contribution in [-0.4, -0.2) is 15.1 Å². The highest BCUT2D eigenvalue weighted by Crippen LogP contribution is 2.09. The Hall–Kier alpha value is -1.91. The number of rotatable bonds is 4. The Morgan fingerprint density at radius 1 is 1.38 bits per heavy atom. The molecule has 0 aliphatic heterocycles. The van der Waals surface area contributed by atoms with E-state index >= 15 is 0 Å². The molecule has 0 unspecified atom stereocenters. The largest absolute Gasteiger partial charge is 0.363 e. The third kappa shape index (κ3) is 2.56. The summed E-state index contributed by atoms with van der Waals surface area (Å²) < 4.78 is 4.99. The molecule has 0 aliphatic carbocycles. The predicted molar refractivity (Wildman–Crippen MR) is 60.0 cm³/mol. The maximum atomic E-state index is 4.99. The molecule has 0 atom stereocenters. The minimum absolute atomic E-state index is 0.583. The molecule has 0 saturated heterocycles. The van der Waals surface area contributed by atoms with E-state index in [-0.39, 0.29) is 0 Å². The molecule has 2 heterocycles. The average molecular weight is 218 g/mol. The number of aromatic nitrogens is 3. The Labute approximate surface area is 93.9 Å². The first-order valence-electron chi connectivity index (χ1n) is 5.26. The van der Waals surface area contributed by atoms with Crippen LogP contribution in [0.15, 0.2) is 22.9 Å². The lowest BCUT2D eigenvalue weighted by molar-refractivity contribution is 0.388. The van der Waals surface area contributed by atoms with E-state index in [4.69, 9.17) is 4.52 Å². The predicted octanol–water partition coefficient (Wildman–Crippen LogP) is 1.95. The summed E-state index contributed by atoms with van der Waals surface area (Å²) in [6, 6.07) is 3.77. The summed E-state index contributed by atoms with van der Waals surface area (Å²) in [6.45, 7) is 4.54. The van der Waals surface area contributed by atoms with Crippen LogP contribution in [0.4, 0.5) is 5.82 Å². The first-order valence-corrected chi connectivity index (χ1v) is 5.26. The van der Waals surface area contributed by atoms with E-state index in [2.05, 4.69) is 27.4 Å². The fourth-order valence-electron chi connectivity index (χ4n) is 1.41. The summed E-state index contributed by atoms with van der Waals surface area (Å²) in [6.07, 6.45) is 2.53. The van der Waals surface area contributed by atoms with Crippen molar-refractivity contribution in [1.29, 1.82) is 0 Å². The molecule has 5 nitrogen and oxygen atoms in total. The number of aryl methyl sites for hydroxylation is 2. The zero-order valence-electron chi connectivity index (χ0n) is 9.40. The highest BCUT2D eigenvalue weighted by molar-refractivity contribution is 5.36. The number of anilines is 1. The van der Waals surface area contributed by atoms with Crippen molar-refractivity contribution >= 4 is 5.82 Å². The Balaban J connectivity index is 2.06. The molecule has 0 saturated carbocycles. The second-order valence-electron chi connectivity index (χ2n) is 3.48. The van der Waals surface area contributed by atoms with Gasteiger partial charge in [-0.1, -0.05) is 12.1 Å². The first-order chi connectivity index (χ1) is 7.78. The number of hydrogen-bond donors (Lipinski definition) is 1. The molecule has 0 spiro atoms. The van der Waals surface area contributed by atoms with Crippen molar-refractivity contribution in [3.05, 3.63) is 35.6 Å². The van der Waals surface area contributed by atoms with Crippen molar-refractivity contribution in [1.82, 2.24) is 15.1 Å². The van der Waals surface area contributed by atoms with Gasteiger partial charge >= 0.3 is 0 Å². The number of nitrogens with one attached hydrogen (secondary N) is 1. The van der Waals surface area contributed by atoms with Crippen molar-refractivity contribution in [2.75, 3.05) is 5.32 Å². The van der Waals surface area contributed by atoms with Crippen LogP contribution in [-0.2, 0) is 13.0 Å². The van der Waals surface area contributed by atoms with E-state index in [1.165, 1.54) is 0 Å². The van der Waals surface area contributed by atoms with E-state index in [1.807, 2.05) is 19.1 Å². The Bertz CT molecular complexity index is 453. The lowest BCUT2D eigenvalue weighted by atomic mass is 10.3. The van der Waals surface area contributed by atoms with Crippen LogP contribution in [0.3, 0.4) is 0 Å². The summed E-state index contributed by atoms with van der Waals surface area (Å²) in [5.41, 5.74) is 1.03. The van der Waals surface area contributed by atoms with E-state index in [0.29, 0.717) is 6.54 Å². The third-order valence-electron chi connectivity index (χ3n) is 2.19. The highest BCUT2D eigenvalue weighted by atomic mass is 16.5. The van der Waals surface area contributed by atoms with Crippen molar-refractivity contribution in [2.45, 2.75) is 26.8 Å². The van der Waals surface area contributed by atoms with Crippen molar-refractivity contribution < 1.29 is 4.52 Å². The van der Waals surface area contributed by atoms with E-state index in [0.717, 1.165) is 29.5 Å². The van der Waals surface area contributed by atoms with Crippen molar-refractivity contribution in [3.8, 4) is 0 Å². The van der Waals surface area contributed by atoms with Gasteiger partial charge in [0.2, 0.25) is 0 Å². The maximum absolute atomic E-state index is 4.99. The molecule has 0 aromatic carbocycles. The van der Waals surface area contributed by atoms with Gasteiger partial charge in [-0.25, -0.2) is 9.97 Å². The molecule has 2 aromatic heterocycles. The van der Waals surface area contributed by atoms with Crippen LogP contribution in [0.2, 0.25) is 0 Å². The van der Waals surface area contributed by atoms with E-state index in [9.17, 15) is 0 Å². The summed E-state index contributed by atoms with van der Waals surface area (Å²) in [5, 5.41) is 6.82. The molecule has 2 aromatic rings. The van der Waals surface area contributed by atoms with Crippen LogP contribution < -0.4 is 5.32 Å². The second-order valence-corrected chi connectivity index (χ2v) is 3.48. The van der Waals surface area contributed by atoms with Gasteiger partial charge < -0.3 is 9.84 Å². The fraction of sp³-hybridized carbons (Fsp3) is 0.364. The van der Waals surface area contributed by atoms with Gasteiger partial charge in [0.25, 0.3) is 0 Å². The maximum Gasteiger partial charge on any atom is 0.155 e. The summed E-state index contributed by atoms with van der Waals surface area (Å²) >= 11 is 0. The first kappa shape index (κ1) is 10.6. The van der Waals surface area contributed by atoms with Crippen LogP contribution in [0.25, 0.3) is 0 Å². The number of nitrogens with zero attached hydrogens (tertiary/aromatic N) is 3. The van der Waals surface area contributed by atoms with Gasteiger partial charge in [0, 0.05) is 17.8 Å². The fourth-order valence-corrected chi connectivity index (χ4v) is 1.41. The molecule has 2 rings (SSSR count). The molecule has 0 bridgehead atoms. The van der Waals surface area contributed by atoms with Gasteiger partial charge in [-0.05, 0) is 13.3 Å². The lowest BCUT2D eigenvalue weighted by Crippen LogP contribution is -2.04. The Morgan fingerprint density at radius 3 is 2.94 bits per heavy atom. The monoisotopic (exact) mass is 218 g/mol. The molecule has 0 aliphatic rings. The zero-order valence-corrected chi connectivity index (χ0v) is 9.40. The Kier molecular flexibility index (Phi) is 3.14. The van der Waals surface area contributed by atoms with Crippen molar-refractivity contribution in [2.24, 2.45) is 0 Å². The SMILES string of the molecule is CCc1cc(NCc2ccno2)nc(C)n1. The summed E-state index contributed by atoms with van der Waals surface area (Å²) in [4.78, 5) is 8.61. The number of hydrogen-bond acceptors (Lipinski definition) is 5. The highest BCUT2D eigenvalue weighted by Gasteiger charge is 2.01. The topological polar surface area (TPSA) is 63.8 Å². The van der Waals surface area contributed by atoms with Gasteiger partial charge in [0.05, 0.1) is 12.7 Å². The van der Waals surface area contributed by atoms with Gasteiger partial charge in [-0.3, -0.25) is 0 Å². The normalized spacial score (nSPS) is 10.4. The molecule has 0 amide bonds. The smallest absolute Gasteiger partial charge is 0.155 e. The van der Waals surface area contributed by atoms with Gasteiger partial charge in [-0.15, -0.1) is 0 Å². The molecule has 16 heavy (non-hydrogen) atoms. The van der Waals surface area contributed by atoms with Gasteiger partial charge in [0.15, 0.2) is 5.76 Å². The lowest BCUT2D eigenvalue weighted by Gasteiger charge is -2.05. The van der Waals surface area contributed by atoms with E-state index in [1.54, 1.807) is 6.20 Å². The minimum Gasteiger partial charge on any atom is -0.363 e. The van der Waals surface area contributed by atoms with Crippen LogP contribution >= 0.6 is 0 Å².